The van der Waals surface area contributed by atoms with Gasteiger partial charge in [0.15, 0.2) is 0 Å². The van der Waals surface area contributed by atoms with Gasteiger partial charge in [0, 0.05) is 60.4 Å². The van der Waals surface area contributed by atoms with Gasteiger partial charge in [-0.15, -0.1) is 11.8 Å². The highest BCUT2D eigenvalue weighted by Gasteiger charge is 2.21. The highest BCUT2D eigenvalue weighted by atomic mass is 35.5. The van der Waals surface area contributed by atoms with Gasteiger partial charge in [0.05, 0.1) is 12.3 Å². The van der Waals surface area contributed by atoms with E-state index in [-0.39, 0.29) is 5.91 Å². The molecule has 7 heteroatoms. The molecule has 2 heterocycles. The van der Waals surface area contributed by atoms with Crippen LogP contribution in [0.3, 0.4) is 0 Å². The van der Waals surface area contributed by atoms with Crippen LogP contribution in [0.1, 0.15) is 17.8 Å². The monoisotopic (exact) mass is 504 g/mol. The van der Waals surface area contributed by atoms with E-state index in [9.17, 15) is 4.79 Å². The van der Waals surface area contributed by atoms with E-state index in [0.29, 0.717) is 5.75 Å². The average molecular weight is 505 g/mol. The number of carbonyl (C=O) groups is 1. The molecule has 3 aromatic carbocycles. The number of halogens is 1. The van der Waals surface area contributed by atoms with Crippen molar-refractivity contribution in [1.82, 2.24) is 19.4 Å². The molecule has 1 aromatic heterocycles. The number of imidazole rings is 1. The molecule has 1 fully saturated rings. The molecule has 0 N–H and O–H groups in total. The number of amides is 1. The number of nitrogens with zero attached hydrogens (tertiary/aromatic N) is 4. The van der Waals surface area contributed by atoms with Gasteiger partial charge < -0.3 is 9.47 Å². The quantitative estimate of drug-likeness (QED) is 0.309. The zero-order chi connectivity index (χ0) is 24.0. The highest BCUT2D eigenvalue weighted by molar-refractivity contribution is 8.00. The summed E-state index contributed by atoms with van der Waals surface area (Å²) in [7, 11) is 0. The lowest BCUT2D eigenvalue weighted by Crippen LogP contribution is -2.36. The van der Waals surface area contributed by atoms with E-state index < -0.39 is 0 Å². The maximum Gasteiger partial charge on any atom is 0.232 e. The third kappa shape index (κ3) is 5.89. The number of benzene rings is 3. The number of rotatable bonds is 7. The van der Waals surface area contributed by atoms with Crippen LogP contribution in [0.25, 0.3) is 10.8 Å². The molecule has 1 amide bonds. The van der Waals surface area contributed by atoms with Gasteiger partial charge in [-0.3, -0.25) is 9.69 Å². The minimum atomic E-state index is 0.187. The Labute approximate surface area is 215 Å². The predicted octanol–water partition coefficient (Wildman–Crippen LogP) is 5.56. The molecule has 4 aromatic rings. The van der Waals surface area contributed by atoms with Crippen molar-refractivity contribution in [1.29, 1.82) is 0 Å². The molecule has 35 heavy (non-hydrogen) atoms. The zero-order valence-corrected chi connectivity index (χ0v) is 21.2. The molecular formula is C28H29ClN4OS. The molecule has 0 unspecified atom stereocenters. The zero-order valence-electron chi connectivity index (χ0n) is 19.6. The SMILES string of the molecule is O=C(CSc1cccc2cccc(Cl)c12)N1CCCN(Cc2nccn2Cc2ccccc2)CC1. The first kappa shape index (κ1) is 23.9. The minimum Gasteiger partial charge on any atom is -0.341 e. The lowest BCUT2D eigenvalue weighted by atomic mass is 10.1. The van der Waals surface area contributed by atoms with Gasteiger partial charge in [-0.25, -0.2) is 4.98 Å². The molecule has 1 saturated heterocycles. The van der Waals surface area contributed by atoms with Gasteiger partial charge in [-0.2, -0.15) is 0 Å². The number of hydrogen-bond acceptors (Lipinski definition) is 4. The van der Waals surface area contributed by atoms with Gasteiger partial charge >= 0.3 is 0 Å². The molecule has 5 rings (SSSR count). The smallest absolute Gasteiger partial charge is 0.232 e. The fraction of sp³-hybridized carbons (Fsp3) is 0.286. The van der Waals surface area contributed by atoms with Crippen molar-refractivity contribution in [3.63, 3.8) is 0 Å². The van der Waals surface area contributed by atoms with Gasteiger partial charge in [0.2, 0.25) is 5.91 Å². The van der Waals surface area contributed by atoms with Gasteiger partial charge in [-0.1, -0.05) is 66.2 Å². The predicted molar refractivity (Wildman–Crippen MR) is 144 cm³/mol. The summed E-state index contributed by atoms with van der Waals surface area (Å²) >= 11 is 8.03. The van der Waals surface area contributed by atoms with Crippen LogP contribution >= 0.6 is 23.4 Å². The first-order chi connectivity index (χ1) is 17.2. The third-order valence-electron chi connectivity index (χ3n) is 6.47. The summed E-state index contributed by atoms with van der Waals surface area (Å²) in [5, 5.41) is 2.86. The van der Waals surface area contributed by atoms with E-state index in [4.69, 9.17) is 11.6 Å². The maximum atomic E-state index is 13.1. The topological polar surface area (TPSA) is 41.4 Å². The summed E-state index contributed by atoms with van der Waals surface area (Å²) in [6.07, 6.45) is 4.89. The second kappa shape index (κ2) is 11.3. The molecule has 0 saturated carbocycles. The van der Waals surface area contributed by atoms with E-state index in [1.54, 1.807) is 11.8 Å². The number of thioether (sulfide) groups is 1. The van der Waals surface area contributed by atoms with Crippen LogP contribution in [0.2, 0.25) is 5.02 Å². The van der Waals surface area contributed by atoms with Crippen molar-refractivity contribution in [3.8, 4) is 0 Å². The Morgan fingerprint density at radius 2 is 1.74 bits per heavy atom. The fourth-order valence-electron chi connectivity index (χ4n) is 4.61. The maximum absolute atomic E-state index is 13.1. The Hall–Kier alpha value is -2.80. The standard InChI is InChI=1S/C28H29ClN4OS/c29-24-11-4-9-23-10-5-12-25(28(23)24)35-21-27(34)32-15-6-14-31(17-18-32)20-26-30-13-16-33(26)19-22-7-2-1-3-8-22/h1-5,7-13,16H,6,14-15,17-21H2. The molecule has 5 nitrogen and oxygen atoms in total. The average Bonchev–Trinajstić information content (AvgIpc) is 3.16. The van der Waals surface area contributed by atoms with Crippen molar-refractivity contribution < 1.29 is 4.79 Å². The summed E-state index contributed by atoms with van der Waals surface area (Å²) in [6.45, 7) is 4.98. The first-order valence-corrected chi connectivity index (χ1v) is 13.4. The minimum absolute atomic E-state index is 0.187. The molecule has 0 radical (unpaired) electrons. The number of aromatic nitrogens is 2. The Kier molecular flexibility index (Phi) is 7.72. The molecule has 0 aliphatic carbocycles. The number of fused-ring (bicyclic) bond motifs is 1. The largest absolute Gasteiger partial charge is 0.341 e. The van der Waals surface area contributed by atoms with E-state index in [1.807, 2.05) is 47.6 Å². The Morgan fingerprint density at radius 1 is 0.914 bits per heavy atom. The van der Waals surface area contributed by atoms with E-state index >= 15 is 0 Å². The molecule has 180 valence electrons. The molecule has 0 spiro atoms. The molecule has 0 atom stereocenters. The normalized spacial score (nSPS) is 14.8. The molecular weight excluding hydrogens is 476 g/mol. The molecule has 1 aliphatic rings. The van der Waals surface area contributed by atoms with Crippen molar-refractivity contribution in [2.75, 3.05) is 31.9 Å². The van der Waals surface area contributed by atoms with Gasteiger partial charge in [-0.05, 0) is 29.5 Å². The van der Waals surface area contributed by atoms with Gasteiger partial charge in [0.25, 0.3) is 0 Å². The summed E-state index contributed by atoms with van der Waals surface area (Å²) in [6, 6.07) is 22.5. The lowest BCUT2D eigenvalue weighted by molar-refractivity contribution is -0.128. The van der Waals surface area contributed by atoms with E-state index in [1.165, 1.54) is 5.56 Å². The van der Waals surface area contributed by atoms with Crippen molar-refractivity contribution in [2.45, 2.75) is 24.4 Å². The first-order valence-electron chi connectivity index (χ1n) is 12.0. The Balaban J connectivity index is 1.16. The fourth-order valence-corrected chi connectivity index (χ4v) is 5.96. The number of hydrogen-bond donors (Lipinski definition) is 0. The molecule has 0 bridgehead atoms. The van der Waals surface area contributed by atoms with E-state index in [0.717, 1.165) is 72.2 Å². The van der Waals surface area contributed by atoms with E-state index in [2.05, 4.69) is 50.8 Å². The van der Waals surface area contributed by atoms with Crippen LogP contribution < -0.4 is 0 Å². The summed E-state index contributed by atoms with van der Waals surface area (Å²) in [5.41, 5.74) is 1.27. The Morgan fingerprint density at radius 3 is 2.60 bits per heavy atom. The van der Waals surface area contributed by atoms with Crippen LogP contribution in [0.4, 0.5) is 0 Å². The number of carbonyl (C=O) groups excluding carboxylic acids is 1. The summed E-state index contributed by atoms with van der Waals surface area (Å²) in [5.74, 6) is 1.68. The van der Waals surface area contributed by atoms with Crippen LogP contribution in [0, 0.1) is 0 Å². The molecule has 1 aliphatic heterocycles. The summed E-state index contributed by atoms with van der Waals surface area (Å²) < 4.78 is 2.22. The van der Waals surface area contributed by atoms with Crippen molar-refractivity contribution in [3.05, 3.63) is 95.5 Å². The summed E-state index contributed by atoms with van der Waals surface area (Å²) in [4.78, 5) is 23.2. The second-order valence-corrected chi connectivity index (χ2v) is 10.3. The lowest BCUT2D eigenvalue weighted by Gasteiger charge is -2.22. The third-order valence-corrected chi connectivity index (χ3v) is 7.83. The van der Waals surface area contributed by atoms with Crippen LogP contribution in [0.5, 0.6) is 0 Å². The van der Waals surface area contributed by atoms with Crippen LogP contribution in [-0.2, 0) is 17.9 Å². The van der Waals surface area contributed by atoms with Crippen molar-refractivity contribution >= 4 is 40.0 Å². The second-order valence-electron chi connectivity index (χ2n) is 8.85. The van der Waals surface area contributed by atoms with Crippen LogP contribution in [-0.4, -0.2) is 57.2 Å². The Bertz CT molecular complexity index is 1290. The van der Waals surface area contributed by atoms with Crippen LogP contribution in [0.15, 0.2) is 84.0 Å². The van der Waals surface area contributed by atoms with Gasteiger partial charge in [0.1, 0.15) is 5.82 Å². The highest BCUT2D eigenvalue weighted by Crippen LogP contribution is 2.33. The van der Waals surface area contributed by atoms with Crippen molar-refractivity contribution in [2.24, 2.45) is 0 Å².